The maximum atomic E-state index is 13.1. The fraction of sp³-hybridized carbons (Fsp3) is 0.357. The van der Waals surface area contributed by atoms with Crippen LogP contribution in [-0.2, 0) is 13.6 Å². The summed E-state index contributed by atoms with van der Waals surface area (Å²) in [7, 11) is -3.67. The normalized spacial score (nSPS) is 17.6. The van der Waals surface area contributed by atoms with E-state index in [9.17, 15) is 14.9 Å². The predicted octanol–water partition coefficient (Wildman–Crippen LogP) is 2.79. The number of phenols is 1. The van der Waals surface area contributed by atoms with Crippen molar-refractivity contribution in [3.05, 3.63) is 35.2 Å². The number of benzene rings is 1. The Morgan fingerprint density at radius 3 is 2.59 bits per heavy atom. The molecule has 0 radical (unpaired) electrons. The molecule has 1 aliphatic heterocycles. The van der Waals surface area contributed by atoms with Crippen LogP contribution >= 0.6 is 7.60 Å². The molecule has 1 aliphatic rings. The van der Waals surface area contributed by atoms with Crippen LogP contribution < -0.4 is 10.5 Å². The molecule has 118 valence electrons. The van der Waals surface area contributed by atoms with Crippen LogP contribution in [0.15, 0.2) is 29.7 Å². The van der Waals surface area contributed by atoms with E-state index in [1.54, 1.807) is 13.8 Å². The number of aromatic hydroxyl groups is 1. The van der Waals surface area contributed by atoms with Crippen LogP contribution in [0, 0.1) is 11.3 Å². The first-order chi connectivity index (χ1) is 10.5. The molecule has 0 saturated heterocycles. The molecule has 0 bridgehead atoms. The van der Waals surface area contributed by atoms with Crippen molar-refractivity contribution in [2.45, 2.75) is 19.5 Å². The minimum atomic E-state index is -3.67. The van der Waals surface area contributed by atoms with Crippen molar-refractivity contribution in [3.8, 4) is 17.6 Å². The van der Waals surface area contributed by atoms with Crippen LogP contribution in [0.5, 0.6) is 11.5 Å². The van der Waals surface area contributed by atoms with Gasteiger partial charge in [0.2, 0.25) is 5.88 Å². The summed E-state index contributed by atoms with van der Waals surface area (Å²) in [6.45, 7) is 3.67. The molecule has 2 rings (SSSR count). The van der Waals surface area contributed by atoms with Gasteiger partial charge in [0.1, 0.15) is 28.8 Å². The van der Waals surface area contributed by atoms with Gasteiger partial charge in [-0.1, -0.05) is 6.07 Å². The number of fused-ring (bicyclic) bond motifs is 1. The van der Waals surface area contributed by atoms with Gasteiger partial charge in [0.05, 0.1) is 13.2 Å². The van der Waals surface area contributed by atoms with Crippen molar-refractivity contribution in [1.82, 2.24) is 0 Å². The second kappa shape index (κ2) is 6.41. The highest BCUT2D eigenvalue weighted by molar-refractivity contribution is 7.54. The Labute approximate surface area is 128 Å². The number of allylic oxidation sites excluding steroid dienone is 1. The summed E-state index contributed by atoms with van der Waals surface area (Å²) in [5, 5.41) is 18.9. The fourth-order valence-electron chi connectivity index (χ4n) is 2.29. The van der Waals surface area contributed by atoms with E-state index in [0.717, 1.165) is 0 Å². The maximum Gasteiger partial charge on any atom is 0.343 e. The van der Waals surface area contributed by atoms with E-state index in [4.69, 9.17) is 19.5 Å². The summed E-state index contributed by atoms with van der Waals surface area (Å²) in [6, 6.07) is 6.18. The Kier molecular flexibility index (Phi) is 4.77. The van der Waals surface area contributed by atoms with Crippen LogP contribution in [-0.4, -0.2) is 18.3 Å². The number of nitrogens with zero attached hydrogens (tertiary/aromatic N) is 1. The Bertz CT molecular complexity index is 685. The monoisotopic (exact) mass is 324 g/mol. The minimum absolute atomic E-state index is 0.0107. The third kappa shape index (κ3) is 2.81. The highest BCUT2D eigenvalue weighted by Crippen LogP contribution is 2.66. The first kappa shape index (κ1) is 16.4. The Morgan fingerprint density at radius 1 is 1.41 bits per heavy atom. The number of nitriles is 1. The van der Waals surface area contributed by atoms with Gasteiger partial charge >= 0.3 is 7.60 Å². The first-order valence-corrected chi connectivity index (χ1v) is 8.37. The molecule has 0 spiro atoms. The molecule has 0 saturated carbocycles. The van der Waals surface area contributed by atoms with Crippen molar-refractivity contribution in [2.75, 3.05) is 13.2 Å². The average molecular weight is 324 g/mol. The lowest BCUT2D eigenvalue weighted by atomic mass is 10.0. The molecule has 0 fully saturated rings. The van der Waals surface area contributed by atoms with Gasteiger partial charge < -0.3 is 24.6 Å². The van der Waals surface area contributed by atoms with E-state index in [0.29, 0.717) is 5.56 Å². The van der Waals surface area contributed by atoms with Crippen LogP contribution in [0.4, 0.5) is 0 Å². The maximum absolute atomic E-state index is 13.1. The van der Waals surface area contributed by atoms with E-state index in [1.807, 2.05) is 6.07 Å². The minimum Gasteiger partial charge on any atom is -0.508 e. The number of hydrogen-bond acceptors (Lipinski definition) is 7. The molecular weight excluding hydrogens is 307 g/mol. The second-order valence-corrected chi connectivity index (χ2v) is 6.60. The third-order valence-corrected chi connectivity index (χ3v) is 5.51. The standard InChI is InChI=1S/C14H17N2O5P/c1-3-19-22(18,20-4-2)13-10-6-5-9(17)7-12(10)21-14(16)11(13)8-15/h5-7,13,17H,3-4,16H2,1-2H3. The Hall–Kier alpha value is -2.00. The molecule has 22 heavy (non-hydrogen) atoms. The first-order valence-electron chi connectivity index (χ1n) is 6.76. The molecule has 0 amide bonds. The van der Waals surface area contributed by atoms with Crippen molar-refractivity contribution in [3.63, 3.8) is 0 Å². The van der Waals surface area contributed by atoms with Gasteiger partial charge in [0.25, 0.3) is 0 Å². The van der Waals surface area contributed by atoms with E-state index < -0.39 is 13.3 Å². The van der Waals surface area contributed by atoms with Gasteiger partial charge in [-0.15, -0.1) is 0 Å². The zero-order valence-corrected chi connectivity index (χ0v) is 13.2. The van der Waals surface area contributed by atoms with Crippen molar-refractivity contribution in [1.29, 1.82) is 5.26 Å². The summed E-state index contributed by atoms with van der Waals surface area (Å²) in [5.41, 5.74) is 5.18. The van der Waals surface area contributed by atoms with Crippen LogP contribution in [0.1, 0.15) is 25.1 Å². The third-order valence-electron chi connectivity index (χ3n) is 3.11. The molecule has 3 N–H and O–H groups in total. The number of nitrogens with two attached hydrogens (primary N) is 1. The molecule has 1 heterocycles. The summed E-state index contributed by atoms with van der Waals surface area (Å²) < 4.78 is 29.2. The number of ether oxygens (including phenoxy) is 1. The van der Waals surface area contributed by atoms with E-state index in [2.05, 4.69) is 0 Å². The molecule has 1 aromatic carbocycles. The summed E-state index contributed by atoms with van der Waals surface area (Å²) >= 11 is 0. The van der Waals surface area contributed by atoms with Gasteiger partial charge in [-0.05, 0) is 19.9 Å². The second-order valence-electron chi connectivity index (χ2n) is 4.49. The Morgan fingerprint density at radius 2 is 2.05 bits per heavy atom. The Balaban J connectivity index is 2.65. The molecule has 1 aromatic rings. The average Bonchev–Trinajstić information content (AvgIpc) is 2.46. The number of phenolic OH excluding ortho intramolecular Hbond substituents is 1. The van der Waals surface area contributed by atoms with E-state index in [-0.39, 0.29) is 36.2 Å². The lowest BCUT2D eigenvalue weighted by Gasteiger charge is -2.30. The highest BCUT2D eigenvalue weighted by Gasteiger charge is 2.45. The molecule has 0 aromatic heterocycles. The highest BCUT2D eigenvalue weighted by atomic mass is 31.2. The van der Waals surface area contributed by atoms with Crippen LogP contribution in [0.2, 0.25) is 0 Å². The predicted molar refractivity (Wildman–Crippen MR) is 79.2 cm³/mol. The zero-order chi connectivity index (χ0) is 16.3. The zero-order valence-electron chi connectivity index (χ0n) is 12.3. The van der Waals surface area contributed by atoms with Gasteiger partial charge in [0, 0.05) is 11.6 Å². The van der Waals surface area contributed by atoms with Crippen molar-refractivity contribution in [2.24, 2.45) is 5.73 Å². The van der Waals surface area contributed by atoms with Crippen molar-refractivity contribution >= 4 is 7.60 Å². The molecule has 8 heteroatoms. The summed E-state index contributed by atoms with van der Waals surface area (Å²) in [6.07, 6.45) is 0. The number of hydrogen-bond donors (Lipinski definition) is 2. The summed E-state index contributed by atoms with van der Waals surface area (Å²) in [4.78, 5) is 0. The fourth-order valence-corrected chi connectivity index (χ4v) is 4.44. The SMILES string of the molecule is CCOP(=O)(OCC)C1C(C#N)=C(N)Oc2cc(O)ccc21. The molecule has 7 nitrogen and oxygen atoms in total. The molecule has 0 aliphatic carbocycles. The van der Waals surface area contributed by atoms with Gasteiger partial charge in [-0.3, -0.25) is 4.57 Å². The number of rotatable bonds is 5. The molecule has 1 atom stereocenters. The molecular formula is C14H17N2O5P. The van der Waals surface area contributed by atoms with E-state index >= 15 is 0 Å². The summed E-state index contributed by atoms with van der Waals surface area (Å²) in [5.74, 6) is 0.0136. The lowest BCUT2D eigenvalue weighted by molar-refractivity contribution is 0.213. The van der Waals surface area contributed by atoms with Gasteiger partial charge in [-0.2, -0.15) is 5.26 Å². The van der Waals surface area contributed by atoms with Crippen molar-refractivity contribution < 1.29 is 23.5 Å². The lowest BCUT2D eigenvalue weighted by Crippen LogP contribution is -2.21. The molecule has 1 unspecified atom stereocenters. The van der Waals surface area contributed by atoms with E-state index in [1.165, 1.54) is 18.2 Å². The smallest absolute Gasteiger partial charge is 0.343 e. The van der Waals surface area contributed by atoms with Gasteiger partial charge in [-0.25, -0.2) is 0 Å². The van der Waals surface area contributed by atoms with Gasteiger partial charge in [0.15, 0.2) is 0 Å². The van der Waals surface area contributed by atoms with Crippen LogP contribution in [0.3, 0.4) is 0 Å². The quantitative estimate of drug-likeness (QED) is 0.800. The largest absolute Gasteiger partial charge is 0.508 e. The topological polar surface area (TPSA) is 115 Å². The van der Waals surface area contributed by atoms with Crippen LogP contribution in [0.25, 0.3) is 0 Å².